The van der Waals surface area contributed by atoms with Crippen LogP contribution in [0.25, 0.3) is 67.3 Å². The smallest absolute Gasteiger partial charge is 0.160 e. The van der Waals surface area contributed by atoms with Crippen LogP contribution in [0, 0.1) is 11.3 Å². The zero-order valence-electron chi connectivity index (χ0n) is 31.3. The van der Waals surface area contributed by atoms with E-state index in [0.717, 1.165) is 95.2 Å². The molecule has 9 aromatic rings. The first-order valence-electron chi connectivity index (χ1n) is 19.5. The van der Waals surface area contributed by atoms with Gasteiger partial charge in [0.15, 0.2) is 5.82 Å². The molecule has 58 heavy (non-hydrogen) atoms. The molecule has 0 atom stereocenters. The lowest BCUT2D eigenvalue weighted by Crippen LogP contribution is -2.32. The van der Waals surface area contributed by atoms with Crippen molar-refractivity contribution in [3.8, 4) is 84.9 Å². The van der Waals surface area contributed by atoms with Crippen LogP contribution in [0.1, 0.15) is 27.8 Å². The van der Waals surface area contributed by atoms with Gasteiger partial charge in [0.1, 0.15) is 11.5 Å². The fraction of sp³-hybridized carbons (Fsp3) is 0.0185. The molecule has 0 bridgehead atoms. The van der Waals surface area contributed by atoms with E-state index in [0.29, 0.717) is 11.4 Å². The van der Waals surface area contributed by atoms with Crippen LogP contribution in [0.15, 0.2) is 200 Å². The Balaban J connectivity index is 1.16. The Morgan fingerprint density at radius 3 is 1.57 bits per heavy atom. The standard InChI is InChI=1S/C54H33N3O/c55-34-41-18-7-8-21-42(41)38-26-28-43-44-29-27-40(32-48(44)54(47(43)31-38)45-22-9-11-24-51(45)58-52-25-12-10-23-46(52)54)50-33-49(56-53(57-50)36-16-5-2-6-17-36)39-20-13-19-37(30-39)35-14-3-1-4-15-35/h1-33H. The Morgan fingerprint density at radius 1 is 0.379 bits per heavy atom. The number of rotatable bonds is 5. The van der Waals surface area contributed by atoms with Gasteiger partial charge in [-0.1, -0.05) is 158 Å². The topological polar surface area (TPSA) is 58.8 Å². The highest BCUT2D eigenvalue weighted by molar-refractivity contribution is 5.92. The minimum atomic E-state index is -0.716. The number of fused-ring (bicyclic) bond motifs is 9. The second-order valence-corrected chi connectivity index (χ2v) is 14.8. The molecule has 2 heterocycles. The molecule has 4 heteroatoms. The van der Waals surface area contributed by atoms with Crippen LogP contribution in [0.3, 0.4) is 0 Å². The third-order valence-electron chi connectivity index (χ3n) is 11.6. The van der Waals surface area contributed by atoms with E-state index in [1.807, 2.05) is 60.7 Å². The molecule has 0 amide bonds. The lowest BCUT2D eigenvalue weighted by Gasteiger charge is -2.39. The van der Waals surface area contributed by atoms with Gasteiger partial charge in [-0.25, -0.2) is 9.97 Å². The van der Waals surface area contributed by atoms with E-state index in [2.05, 4.69) is 146 Å². The monoisotopic (exact) mass is 739 g/mol. The number of nitrogens with zero attached hydrogens (tertiary/aromatic N) is 3. The predicted octanol–water partition coefficient (Wildman–Crippen LogP) is 13.2. The Bertz CT molecular complexity index is 3060. The van der Waals surface area contributed by atoms with Crippen molar-refractivity contribution in [3.05, 3.63) is 228 Å². The molecule has 270 valence electrons. The minimum absolute atomic E-state index is 0.644. The molecule has 1 aromatic heterocycles. The van der Waals surface area contributed by atoms with E-state index in [1.54, 1.807) is 0 Å². The number of aromatic nitrogens is 2. The van der Waals surface area contributed by atoms with E-state index in [-0.39, 0.29) is 0 Å². The SMILES string of the molecule is N#Cc1ccccc1-c1ccc2c(c1)C1(c3ccccc3Oc3ccccc31)c1cc(-c3cc(-c4cccc(-c5ccccc5)c4)nc(-c4ccccc4)n3)ccc1-2. The van der Waals surface area contributed by atoms with Crippen molar-refractivity contribution in [2.24, 2.45) is 0 Å². The number of para-hydroxylation sites is 2. The minimum Gasteiger partial charge on any atom is -0.457 e. The second kappa shape index (κ2) is 13.4. The first-order valence-corrected chi connectivity index (χ1v) is 19.5. The predicted molar refractivity (Wildman–Crippen MR) is 231 cm³/mol. The van der Waals surface area contributed by atoms with Gasteiger partial charge in [0, 0.05) is 27.8 Å². The summed E-state index contributed by atoms with van der Waals surface area (Å²) < 4.78 is 6.67. The maximum atomic E-state index is 10.1. The summed E-state index contributed by atoms with van der Waals surface area (Å²) in [6.45, 7) is 0. The van der Waals surface area contributed by atoms with Crippen LogP contribution in [-0.4, -0.2) is 9.97 Å². The number of benzene rings is 8. The molecule has 0 saturated carbocycles. The molecular formula is C54H33N3O. The van der Waals surface area contributed by atoms with Crippen molar-refractivity contribution in [2.75, 3.05) is 0 Å². The average Bonchev–Trinajstić information content (AvgIpc) is 3.58. The summed E-state index contributed by atoms with van der Waals surface area (Å²) in [5.74, 6) is 2.31. The molecule has 4 nitrogen and oxygen atoms in total. The van der Waals surface area contributed by atoms with Gasteiger partial charge in [0.05, 0.1) is 28.4 Å². The van der Waals surface area contributed by atoms with Crippen LogP contribution in [0.2, 0.25) is 0 Å². The number of hydrogen-bond acceptors (Lipinski definition) is 4. The third kappa shape index (κ3) is 5.22. The van der Waals surface area contributed by atoms with E-state index >= 15 is 0 Å². The molecule has 11 rings (SSSR count). The second-order valence-electron chi connectivity index (χ2n) is 14.8. The van der Waals surface area contributed by atoms with Gasteiger partial charge in [0.2, 0.25) is 0 Å². The van der Waals surface area contributed by atoms with Gasteiger partial charge in [-0.2, -0.15) is 5.26 Å². The molecule has 0 saturated heterocycles. The van der Waals surface area contributed by atoms with Gasteiger partial charge >= 0.3 is 0 Å². The summed E-state index contributed by atoms with van der Waals surface area (Å²) in [6.07, 6.45) is 0. The molecule has 1 spiro atoms. The zero-order valence-corrected chi connectivity index (χ0v) is 31.3. The molecule has 0 N–H and O–H groups in total. The quantitative estimate of drug-likeness (QED) is 0.176. The van der Waals surface area contributed by atoms with Crippen molar-refractivity contribution >= 4 is 0 Å². The largest absolute Gasteiger partial charge is 0.457 e. The lowest BCUT2D eigenvalue weighted by atomic mass is 9.65. The number of nitriles is 1. The normalized spacial score (nSPS) is 12.7. The van der Waals surface area contributed by atoms with Crippen molar-refractivity contribution in [3.63, 3.8) is 0 Å². The van der Waals surface area contributed by atoms with Gasteiger partial charge in [-0.05, 0) is 87.0 Å². The van der Waals surface area contributed by atoms with Gasteiger partial charge in [-0.15, -0.1) is 0 Å². The molecule has 0 radical (unpaired) electrons. The van der Waals surface area contributed by atoms with E-state index < -0.39 is 5.41 Å². The molecule has 8 aromatic carbocycles. The summed E-state index contributed by atoms with van der Waals surface area (Å²) >= 11 is 0. The average molecular weight is 740 g/mol. The molecule has 0 unspecified atom stereocenters. The van der Waals surface area contributed by atoms with Crippen LogP contribution in [-0.2, 0) is 5.41 Å². The van der Waals surface area contributed by atoms with Crippen molar-refractivity contribution < 1.29 is 4.74 Å². The van der Waals surface area contributed by atoms with Crippen molar-refractivity contribution in [2.45, 2.75) is 5.41 Å². The highest BCUT2D eigenvalue weighted by Gasteiger charge is 2.51. The Kier molecular flexibility index (Phi) is 7.74. The van der Waals surface area contributed by atoms with Gasteiger partial charge in [0.25, 0.3) is 0 Å². The zero-order chi connectivity index (χ0) is 38.6. The first-order chi connectivity index (χ1) is 28.7. The summed E-state index contributed by atoms with van der Waals surface area (Å²) in [5, 5.41) is 10.1. The van der Waals surface area contributed by atoms with E-state index in [4.69, 9.17) is 14.7 Å². The van der Waals surface area contributed by atoms with Crippen molar-refractivity contribution in [1.29, 1.82) is 5.26 Å². The third-order valence-corrected chi connectivity index (χ3v) is 11.6. The van der Waals surface area contributed by atoms with Crippen LogP contribution in [0.5, 0.6) is 11.5 Å². The Hall–Kier alpha value is -7.87. The van der Waals surface area contributed by atoms with Crippen LogP contribution < -0.4 is 4.74 Å². The fourth-order valence-electron chi connectivity index (χ4n) is 9.01. The molecule has 2 aliphatic rings. The fourth-order valence-corrected chi connectivity index (χ4v) is 9.01. The summed E-state index contributed by atoms with van der Waals surface area (Å²) in [5.41, 5.74) is 15.5. The van der Waals surface area contributed by atoms with E-state index in [9.17, 15) is 5.26 Å². The Labute approximate surface area is 337 Å². The molecule has 0 fully saturated rings. The highest BCUT2D eigenvalue weighted by atomic mass is 16.5. The number of hydrogen-bond donors (Lipinski definition) is 0. The first kappa shape index (κ1) is 33.5. The molecule has 1 aliphatic carbocycles. The maximum absolute atomic E-state index is 10.1. The highest BCUT2D eigenvalue weighted by Crippen LogP contribution is 2.62. The molecule has 1 aliphatic heterocycles. The van der Waals surface area contributed by atoms with Crippen LogP contribution in [0.4, 0.5) is 0 Å². The van der Waals surface area contributed by atoms with Gasteiger partial charge in [-0.3, -0.25) is 0 Å². The molecular weight excluding hydrogens is 707 g/mol. The van der Waals surface area contributed by atoms with Crippen LogP contribution >= 0.6 is 0 Å². The lowest BCUT2D eigenvalue weighted by molar-refractivity contribution is 0.436. The summed E-state index contributed by atoms with van der Waals surface area (Å²) in [7, 11) is 0. The van der Waals surface area contributed by atoms with Crippen molar-refractivity contribution in [1.82, 2.24) is 9.97 Å². The Morgan fingerprint density at radius 2 is 0.897 bits per heavy atom. The summed E-state index contributed by atoms with van der Waals surface area (Å²) in [6, 6.07) is 71.8. The van der Waals surface area contributed by atoms with Gasteiger partial charge < -0.3 is 4.74 Å². The van der Waals surface area contributed by atoms with E-state index in [1.165, 1.54) is 0 Å². The summed E-state index contributed by atoms with van der Waals surface area (Å²) in [4.78, 5) is 10.5. The maximum Gasteiger partial charge on any atom is 0.160 e. The number of ether oxygens (including phenoxy) is 1.